The van der Waals surface area contributed by atoms with Crippen LogP contribution < -0.4 is 5.32 Å². The van der Waals surface area contributed by atoms with Crippen LogP contribution in [0.15, 0.2) is 55.2 Å². The minimum atomic E-state index is 0.725. The Morgan fingerprint density at radius 3 is 3.06 bits per heavy atom. The highest BCUT2D eigenvalue weighted by Gasteiger charge is 1.99. The molecule has 0 aliphatic rings. The number of nitrogens with one attached hydrogen (secondary N) is 2. The Kier molecular flexibility index (Phi) is 2.79. The third-order valence-electron chi connectivity index (χ3n) is 2.65. The molecule has 5 nitrogen and oxygen atoms in total. The van der Waals surface area contributed by atoms with Crippen molar-refractivity contribution < 1.29 is 0 Å². The first-order chi connectivity index (χ1) is 8.92. The van der Waals surface area contributed by atoms with E-state index in [4.69, 9.17) is 0 Å². The minimum absolute atomic E-state index is 0.725. The Balaban J connectivity index is 1.75. The zero-order chi connectivity index (χ0) is 12.2. The zero-order valence-electron chi connectivity index (χ0n) is 9.74. The molecule has 0 aliphatic carbocycles. The molecule has 2 aromatic heterocycles. The van der Waals surface area contributed by atoms with Crippen LogP contribution in [0.4, 0.5) is 5.69 Å². The maximum atomic E-state index is 4.21. The summed E-state index contributed by atoms with van der Waals surface area (Å²) in [7, 11) is 0. The third kappa shape index (κ3) is 2.24. The van der Waals surface area contributed by atoms with Gasteiger partial charge in [0.15, 0.2) is 0 Å². The van der Waals surface area contributed by atoms with E-state index in [2.05, 4.69) is 26.4 Å². The number of hydrogen-bond acceptors (Lipinski definition) is 3. The molecule has 0 radical (unpaired) electrons. The molecule has 2 heterocycles. The predicted molar refractivity (Wildman–Crippen MR) is 69.5 cm³/mol. The van der Waals surface area contributed by atoms with E-state index in [1.165, 1.54) is 0 Å². The SMILES string of the molecule is c1cc(NCc2cnc[nH]2)cc(-n2cccn2)c1. The maximum Gasteiger partial charge on any atom is 0.0922 e. The number of imidazole rings is 1. The number of nitrogens with zero attached hydrogens (tertiary/aromatic N) is 3. The summed E-state index contributed by atoms with van der Waals surface area (Å²) >= 11 is 0. The van der Waals surface area contributed by atoms with Crippen molar-refractivity contribution in [3.63, 3.8) is 0 Å². The number of H-pyrrole nitrogens is 1. The number of hydrogen-bond donors (Lipinski definition) is 2. The second-order valence-corrected chi connectivity index (χ2v) is 3.93. The molecule has 0 aliphatic heterocycles. The van der Waals surface area contributed by atoms with Gasteiger partial charge in [-0.2, -0.15) is 5.10 Å². The van der Waals surface area contributed by atoms with Crippen molar-refractivity contribution in [1.82, 2.24) is 19.7 Å². The first kappa shape index (κ1) is 10.6. The van der Waals surface area contributed by atoms with Gasteiger partial charge in [-0.05, 0) is 24.3 Å². The van der Waals surface area contributed by atoms with Gasteiger partial charge >= 0.3 is 0 Å². The van der Waals surface area contributed by atoms with E-state index in [1.54, 1.807) is 12.5 Å². The largest absolute Gasteiger partial charge is 0.379 e. The van der Waals surface area contributed by atoms with E-state index in [0.717, 1.165) is 23.6 Å². The fourth-order valence-corrected chi connectivity index (χ4v) is 1.76. The standard InChI is InChI=1S/C13H13N5/c1-3-11(15-9-12-8-14-10-16-12)7-13(4-1)18-6-2-5-17-18/h1-8,10,15H,9H2,(H,14,16). The van der Waals surface area contributed by atoms with Crippen LogP contribution in [0.5, 0.6) is 0 Å². The van der Waals surface area contributed by atoms with E-state index in [-0.39, 0.29) is 0 Å². The summed E-state index contributed by atoms with van der Waals surface area (Å²) in [6.45, 7) is 0.725. The fraction of sp³-hybridized carbons (Fsp3) is 0.0769. The molecular weight excluding hydrogens is 226 g/mol. The Bertz CT molecular complexity index is 598. The van der Waals surface area contributed by atoms with Crippen molar-refractivity contribution in [3.05, 3.63) is 60.9 Å². The summed E-state index contributed by atoms with van der Waals surface area (Å²) in [6.07, 6.45) is 7.18. The number of anilines is 1. The molecule has 0 amide bonds. The normalized spacial score (nSPS) is 10.4. The third-order valence-corrected chi connectivity index (χ3v) is 2.65. The second kappa shape index (κ2) is 4.75. The molecule has 5 heteroatoms. The van der Waals surface area contributed by atoms with Crippen LogP contribution in [0.3, 0.4) is 0 Å². The minimum Gasteiger partial charge on any atom is -0.379 e. The van der Waals surface area contributed by atoms with E-state index in [9.17, 15) is 0 Å². The van der Waals surface area contributed by atoms with Gasteiger partial charge in [-0.15, -0.1) is 0 Å². The Morgan fingerprint density at radius 2 is 2.28 bits per heavy atom. The van der Waals surface area contributed by atoms with Crippen LogP contribution in [0.1, 0.15) is 5.69 Å². The van der Waals surface area contributed by atoms with Gasteiger partial charge in [-0.25, -0.2) is 9.67 Å². The highest BCUT2D eigenvalue weighted by molar-refractivity contribution is 5.50. The first-order valence-corrected chi connectivity index (χ1v) is 5.73. The quantitative estimate of drug-likeness (QED) is 0.733. The molecule has 1 aromatic carbocycles. The smallest absolute Gasteiger partial charge is 0.0922 e. The van der Waals surface area contributed by atoms with Crippen molar-refractivity contribution in [2.24, 2.45) is 0 Å². The number of aromatic nitrogens is 4. The van der Waals surface area contributed by atoms with Gasteiger partial charge in [0.1, 0.15) is 0 Å². The Morgan fingerprint density at radius 1 is 1.28 bits per heavy atom. The van der Waals surface area contributed by atoms with Crippen molar-refractivity contribution in [2.75, 3.05) is 5.32 Å². The topological polar surface area (TPSA) is 58.5 Å². The van der Waals surface area contributed by atoms with Gasteiger partial charge in [-0.3, -0.25) is 0 Å². The zero-order valence-corrected chi connectivity index (χ0v) is 9.74. The summed E-state index contributed by atoms with van der Waals surface area (Å²) in [5.74, 6) is 0. The van der Waals surface area contributed by atoms with Crippen LogP contribution in [-0.2, 0) is 6.54 Å². The molecule has 3 rings (SSSR count). The average Bonchev–Trinajstić information content (AvgIpc) is 3.10. The molecule has 18 heavy (non-hydrogen) atoms. The maximum absolute atomic E-state index is 4.21. The van der Waals surface area contributed by atoms with Gasteiger partial charge in [0, 0.05) is 24.3 Å². The lowest BCUT2D eigenvalue weighted by molar-refractivity contribution is 0.880. The van der Waals surface area contributed by atoms with Crippen LogP contribution in [-0.4, -0.2) is 19.7 Å². The van der Waals surface area contributed by atoms with Gasteiger partial charge in [0.25, 0.3) is 0 Å². The summed E-state index contributed by atoms with van der Waals surface area (Å²) in [4.78, 5) is 7.04. The molecule has 0 saturated heterocycles. The lowest BCUT2D eigenvalue weighted by Crippen LogP contribution is -2.01. The van der Waals surface area contributed by atoms with E-state index in [0.29, 0.717) is 0 Å². The van der Waals surface area contributed by atoms with Crippen molar-refractivity contribution >= 4 is 5.69 Å². The van der Waals surface area contributed by atoms with Gasteiger partial charge in [-0.1, -0.05) is 6.07 Å². The first-order valence-electron chi connectivity index (χ1n) is 5.73. The van der Waals surface area contributed by atoms with Gasteiger partial charge in [0.05, 0.1) is 24.3 Å². The highest BCUT2D eigenvalue weighted by Crippen LogP contribution is 2.14. The summed E-state index contributed by atoms with van der Waals surface area (Å²) in [5, 5.41) is 7.55. The lowest BCUT2D eigenvalue weighted by Gasteiger charge is -2.07. The fourth-order valence-electron chi connectivity index (χ4n) is 1.76. The van der Waals surface area contributed by atoms with Crippen LogP contribution in [0, 0.1) is 0 Å². The highest BCUT2D eigenvalue weighted by atomic mass is 15.3. The van der Waals surface area contributed by atoms with E-state index in [1.807, 2.05) is 41.3 Å². The van der Waals surface area contributed by atoms with Crippen LogP contribution in [0.2, 0.25) is 0 Å². The molecule has 0 bridgehead atoms. The van der Waals surface area contributed by atoms with E-state index < -0.39 is 0 Å². The van der Waals surface area contributed by atoms with Crippen LogP contribution in [0.25, 0.3) is 5.69 Å². The van der Waals surface area contributed by atoms with Crippen molar-refractivity contribution in [1.29, 1.82) is 0 Å². The monoisotopic (exact) mass is 239 g/mol. The molecule has 3 aromatic rings. The Hall–Kier alpha value is -2.56. The van der Waals surface area contributed by atoms with Crippen molar-refractivity contribution in [2.45, 2.75) is 6.54 Å². The molecule has 2 N–H and O–H groups in total. The van der Waals surface area contributed by atoms with E-state index >= 15 is 0 Å². The van der Waals surface area contributed by atoms with Gasteiger partial charge in [0.2, 0.25) is 0 Å². The molecule has 0 atom stereocenters. The molecule has 0 saturated carbocycles. The molecule has 0 fully saturated rings. The number of benzene rings is 1. The van der Waals surface area contributed by atoms with Crippen LogP contribution >= 0.6 is 0 Å². The molecule has 0 spiro atoms. The number of rotatable bonds is 4. The lowest BCUT2D eigenvalue weighted by atomic mass is 10.2. The summed E-state index contributed by atoms with van der Waals surface area (Å²) in [6, 6.07) is 10.0. The summed E-state index contributed by atoms with van der Waals surface area (Å²) < 4.78 is 1.83. The molecule has 90 valence electrons. The molecular formula is C13H13N5. The summed E-state index contributed by atoms with van der Waals surface area (Å²) in [5.41, 5.74) is 3.15. The predicted octanol–water partition coefficient (Wildman–Crippen LogP) is 2.21. The second-order valence-electron chi connectivity index (χ2n) is 3.93. The molecule has 0 unspecified atom stereocenters. The number of aromatic amines is 1. The average molecular weight is 239 g/mol. The Labute approximate surface area is 104 Å². The van der Waals surface area contributed by atoms with Gasteiger partial charge < -0.3 is 10.3 Å². The van der Waals surface area contributed by atoms with Crippen molar-refractivity contribution in [3.8, 4) is 5.69 Å².